The predicted octanol–water partition coefficient (Wildman–Crippen LogP) is 1.31. The van der Waals surface area contributed by atoms with E-state index in [1.807, 2.05) is 0 Å². The molecule has 1 spiro atoms. The molecule has 3 rings (SSSR count). The molecule has 4 nitrogen and oxygen atoms in total. The predicted molar refractivity (Wildman–Crippen MR) is 82.1 cm³/mol. The molecule has 20 heavy (non-hydrogen) atoms. The second kappa shape index (κ2) is 6.30. The maximum atomic E-state index is 6.36. The van der Waals surface area contributed by atoms with Gasteiger partial charge in [-0.05, 0) is 39.8 Å². The van der Waals surface area contributed by atoms with Crippen molar-refractivity contribution in [3.63, 3.8) is 0 Å². The fraction of sp³-hybridized carbons (Fsp3) is 1.00. The zero-order chi connectivity index (χ0) is 14.0. The van der Waals surface area contributed by atoms with E-state index in [4.69, 9.17) is 4.74 Å². The molecule has 0 aromatic carbocycles. The van der Waals surface area contributed by atoms with E-state index in [9.17, 15) is 0 Å². The molecule has 3 fully saturated rings. The summed E-state index contributed by atoms with van der Waals surface area (Å²) in [5.74, 6) is 0. The molecule has 0 amide bonds. The molecule has 2 saturated heterocycles. The van der Waals surface area contributed by atoms with E-state index >= 15 is 0 Å². The summed E-state index contributed by atoms with van der Waals surface area (Å²) >= 11 is 0. The van der Waals surface area contributed by atoms with Crippen LogP contribution in [0.5, 0.6) is 0 Å². The molecule has 2 unspecified atom stereocenters. The lowest BCUT2D eigenvalue weighted by molar-refractivity contribution is -0.0356. The van der Waals surface area contributed by atoms with Gasteiger partial charge in [0.25, 0.3) is 0 Å². The summed E-state index contributed by atoms with van der Waals surface area (Å²) in [5.41, 5.74) is 0.286. The van der Waals surface area contributed by atoms with Crippen LogP contribution < -0.4 is 5.32 Å². The van der Waals surface area contributed by atoms with Gasteiger partial charge in [-0.2, -0.15) is 0 Å². The number of hydrogen-bond donors (Lipinski definition) is 1. The molecule has 0 aromatic rings. The number of hydrogen-bond acceptors (Lipinski definition) is 4. The third-order valence-corrected chi connectivity index (χ3v) is 5.59. The zero-order valence-corrected chi connectivity index (χ0v) is 13.2. The number of likely N-dealkylation sites (N-methyl/N-ethyl adjacent to an activating group) is 2. The van der Waals surface area contributed by atoms with E-state index in [2.05, 4.69) is 29.2 Å². The Balaban J connectivity index is 1.38. The Morgan fingerprint density at radius 3 is 2.70 bits per heavy atom. The van der Waals surface area contributed by atoms with Crippen molar-refractivity contribution in [2.45, 2.75) is 56.3 Å². The highest BCUT2D eigenvalue weighted by Crippen LogP contribution is 2.43. The lowest BCUT2D eigenvalue weighted by Crippen LogP contribution is -2.54. The summed E-state index contributed by atoms with van der Waals surface area (Å²) in [6.07, 6.45) is 8.37. The van der Waals surface area contributed by atoms with Crippen molar-refractivity contribution in [1.82, 2.24) is 15.1 Å². The normalized spacial score (nSPS) is 35.1. The molecule has 1 N–H and O–H groups in total. The topological polar surface area (TPSA) is 27.7 Å². The van der Waals surface area contributed by atoms with Crippen LogP contribution in [0.25, 0.3) is 0 Å². The van der Waals surface area contributed by atoms with Crippen LogP contribution in [0, 0.1) is 0 Å². The fourth-order valence-electron chi connectivity index (χ4n) is 4.16. The molecule has 1 aliphatic carbocycles. The van der Waals surface area contributed by atoms with Crippen LogP contribution >= 0.6 is 0 Å². The van der Waals surface area contributed by atoms with Gasteiger partial charge in [-0.25, -0.2) is 0 Å². The Kier molecular flexibility index (Phi) is 4.65. The summed E-state index contributed by atoms with van der Waals surface area (Å²) < 4.78 is 6.36. The highest BCUT2D eigenvalue weighted by atomic mass is 16.5. The van der Waals surface area contributed by atoms with Gasteiger partial charge in [0.05, 0.1) is 11.7 Å². The summed E-state index contributed by atoms with van der Waals surface area (Å²) in [7, 11) is 4.48. The number of rotatable bonds is 4. The smallest absolute Gasteiger partial charge is 0.0708 e. The monoisotopic (exact) mass is 281 g/mol. The Morgan fingerprint density at radius 1 is 1.10 bits per heavy atom. The van der Waals surface area contributed by atoms with Gasteiger partial charge in [-0.1, -0.05) is 12.8 Å². The molecule has 2 heterocycles. The van der Waals surface area contributed by atoms with Crippen LogP contribution in [0.1, 0.15) is 38.5 Å². The Hall–Kier alpha value is -0.160. The summed E-state index contributed by atoms with van der Waals surface area (Å²) in [5, 5.41) is 3.66. The molecule has 2 atom stereocenters. The fourth-order valence-corrected chi connectivity index (χ4v) is 4.16. The minimum Gasteiger partial charge on any atom is -0.370 e. The first kappa shape index (κ1) is 14.8. The highest BCUT2D eigenvalue weighted by molar-refractivity contribution is 4.93. The molecule has 116 valence electrons. The average molecular weight is 281 g/mol. The van der Waals surface area contributed by atoms with E-state index < -0.39 is 0 Å². The third kappa shape index (κ3) is 3.35. The number of nitrogens with one attached hydrogen (secondary N) is 1. The number of piperazine rings is 1. The van der Waals surface area contributed by atoms with Crippen molar-refractivity contribution in [2.75, 3.05) is 46.8 Å². The number of nitrogens with zero attached hydrogens (tertiary/aromatic N) is 2. The maximum Gasteiger partial charge on any atom is 0.0708 e. The van der Waals surface area contributed by atoms with Gasteiger partial charge < -0.3 is 15.0 Å². The molecule has 0 bridgehead atoms. The van der Waals surface area contributed by atoms with Gasteiger partial charge in [0.1, 0.15) is 0 Å². The molecule has 2 aliphatic heterocycles. The first-order chi connectivity index (χ1) is 9.67. The minimum atomic E-state index is 0.286. The van der Waals surface area contributed by atoms with E-state index in [0.717, 1.165) is 13.1 Å². The minimum absolute atomic E-state index is 0.286. The van der Waals surface area contributed by atoms with Crippen molar-refractivity contribution in [3.8, 4) is 0 Å². The van der Waals surface area contributed by atoms with E-state index in [0.29, 0.717) is 12.1 Å². The Bertz CT molecular complexity index is 317. The first-order valence-corrected chi connectivity index (χ1v) is 8.44. The van der Waals surface area contributed by atoms with Crippen molar-refractivity contribution in [3.05, 3.63) is 0 Å². The molecule has 0 radical (unpaired) electrons. The third-order valence-electron chi connectivity index (χ3n) is 5.59. The van der Waals surface area contributed by atoms with Gasteiger partial charge in [0.2, 0.25) is 0 Å². The van der Waals surface area contributed by atoms with Gasteiger partial charge in [-0.3, -0.25) is 4.90 Å². The summed E-state index contributed by atoms with van der Waals surface area (Å²) in [6, 6.07) is 0.649. The van der Waals surface area contributed by atoms with Crippen molar-refractivity contribution in [1.29, 1.82) is 0 Å². The lowest BCUT2D eigenvalue weighted by atomic mass is 9.98. The summed E-state index contributed by atoms with van der Waals surface area (Å²) in [4.78, 5) is 4.92. The van der Waals surface area contributed by atoms with Gasteiger partial charge in [0, 0.05) is 38.8 Å². The van der Waals surface area contributed by atoms with Crippen LogP contribution in [-0.4, -0.2) is 74.4 Å². The Labute approximate surface area is 123 Å². The second-order valence-electron chi connectivity index (χ2n) is 7.22. The SMILES string of the molecule is CN1CCN(C)C(CNCC2CCC3(CCCC3)O2)C1. The van der Waals surface area contributed by atoms with Crippen LogP contribution in [-0.2, 0) is 4.74 Å². The van der Waals surface area contributed by atoms with Crippen LogP contribution in [0.4, 0.5) is 0 Å². The molecule has 1 saturated carbocycles. The maximum absolute atomic E-state index is 6.36. The molecule has 4 heteroatoms. The van der Waals surface area contributed by atoms with E-state index in [-0.39, 0.29) is 5.60 Å². The van der Waals surface area contributed by atoms with Crippen LogP contribution in [0.3, 0.4) is 0 Å². The first-order valence-electron chi connectivity index (χ1n) is 8.44. The Morgan fingerprint density at radius 2 is 1.90 bits per heavy atom. The second-order valence-corrected chi connectivity index (χ2v) is 7.22. The quantitative estimate of drug-likeness (QED) is 0.841. The van der Waals surface area contributed by atoms with Crippen molar-refractivity contribution < 1.29 is 4.74 Å². The van der Waals surface area contributed by atoms with Crippen LogP contribution in [0.15, 0.2) is 0 Å². The molecule has 0 aromatic heterocycles. The average Bonchev–Trinajstić information content (AvgIpc) is 3.05. The molecular weight excluding hydrogens is 250 g/mol. The zero-order valence-electron chi connectivity index (χ0n) is 13.2. The van der Waals surface area contributed by atoms with Gasteiger partial charge >= 0.3 is 0 Å². The van der Waals surface area contributed by atoms with Crippen molar-refractivity contribution in [2.24, 2.45) is 0 Å². The highest BCUT2D eigenvalue weighted by Gasteiger charge is 2.41. The van der Waals surface area contributed by atoms with Crippen LogP contribution in [0.2, 0.25) is 0 Å². The largest absolute Gasteiger partial charge is 0.370 e. The van der Waals surface area contributed by atoms with Gasteiger partial charge in [0.15, 0.2) is 0 Å². The standard InChI is InChI=1S/C16H31N3O/c1-18-9-10-19(2)14(13-18)11-17-12-15-5-8-16(20-15)6-3-4-7-16/h14-15,17H,3-13H2,1-2H3. The van der Waals surface area contributed by atoms with E-state index in [1.165, 1.54) is 58.2 Å². The van der Waals surface area contributed by atoms with E-state index in [1.54, 1.807) is 0 Å². The van der Waals surface area contributed by atoms with Gasteiger partial charge in [-0.15, -0.1) is 0 Å². The number of ether oxygens (including phenoxy) is 1. The lowest BCUT2D eigenvalue weighted by Gasteiger charge is -2.38. The molecule has 3 aliphatic rings. The molecular formula is C16H31N3O. The summed E-state index contributed by atoms with van der Waals surface area (Å²) in [6.45, 7) is 5.69. The van der Waals surface area contributed by atoms with Crippen molar-refractivity contribution >= 4 is 0 Å².